The van der Waals surface area contributed by atoms with Crippen molar-refractivity contribution in [3.8, 4) is 0 Å². The molecule has 1 heterocycles. The van der Waals surface area contributed by atoms with E-state index in [0.717, 1.165) is 24.2 Å². The molecule has 1 saturated heterocycles. The first-order valence-corrected chi connectivity index (χ1v) is 9.75. The van der Waals surface area contributed by atoms with Gasteiger partial charge in [0.2, 0.25) is 5.91 Å². The number of amides is 1. The quantitative estimate of drug-likeness (QED) is 0.780. The van der Waals surface area contributed by atoms with Gasteiger partial charge in [-0.05, 0) is 36.5 Å². The van der Waals surface area contributed by atoms with Crippen LogP contribution in [0.2, 0.25) is 0 Å². The number of quaternary nitrogens is 1. The van der Waals surface area contributed by atoms with Gasteiger partial charge in [0.15, 0.2) is 0 Å². The number of hydrogen-bond acceptors (Lipinski definition) is 1. The van der Waals surface area contributed by atoms with Crippen molar-refractivity contribution in [2.45, 2.75) is 44.9 Å². The molecular weight excluding hydrogens is 365 g/mol. The normalized spacial score (nSPS) is 15.4. The number of carbonyl (C=O) groups excluding carboxylic acids is 1. The summed E-state index contributed by atoms with van der Waals surface area (Å²) in [6.07, 6.45) is -0.654. The Balaban J connectivity index is 1.57. The number of piperidine rings is 1. The highest BCUT2D eigenvalue weighted by Crippen LogP contribution is 2.29. The third-order valence-electron chi connectivity index (χ3n) is 5.21. The average molecular weight is 391 g/mol. The Morgan fingerprint density at radius 3 is 2.39 bits per heavy atom. The zero-order chi connectivity index (χ0) is 20.0. The molecule has 28 heavy (non-hydrogen) atoms. The molecule has 3 rings (SSSR count). The third kappa shape index (κ3) is 5.83. The molecule has 0 bridgehead atoms. The maximum absolute atomic E-state index is 12.8. The fraction of sp³-hybridized carbons (Fsp3) is 0.409. The van der Waals surface area contributed by atoms with Gasteiger partial charge in [-0.3, -0.25) is 4.79 Å². The third-order valence-corrected chi connectivity index (χ3v) is 5.21. The van der Waals surface area contributed by atoms with Gasteiger partial charge in [-0.25, -0.2) is 0 Å². The van der Waals surface area contributed by atoms with Gasteiger partial charge in [-0.1, -0.05) is 42.5 Å². The summed E-state index contributed by atoms with van der Waals surface area (Å²) in [6, 6.07) is 13.0. The summed E-state index contributed by atoms with van der Waals surface area (Å²) in [7, 11) is 0. The number of carbonyl (C=O) groups is 1. The highest BCUT2D eigenvalue weighted by atomic mass is 19.4. The van der Waals surface area contributed by atoms with E-state index in [2.05, 4.69) is 11.4 Å². The van der Waals surface area contributed by atoms with Gasteiger partial charge >= 0.3 is 6.18 Å². The van der Waals surface area contributed by atoms with Gasteiger partial charge in [-0.15, -0.1) is 0 Å². The van der Waals surface area contributed by atoms with Crippen LogP contribution in [-0.2, 0) is 30.5 Å². The summed E-state index contributed by atoms with van der Waals surface area (Å²) in [4.78, 5) is 13.8. The van der Waals surface area contributed by atoms with Crippen LogP contribution in [0.15, 0.2) is 48.5 Å². The summed E-state index contributed by atoms with van der Waals surface area (Å²) in [5, 5.41) is 2.85. The van der Waals surface area contributed by atoms with Crippen LogP contribution in [0.5, 0.6) is 0 Å². The minimum absolute atomic E-state index is 0.0660. The summed E-state index contributed by atoms with van der Waals surface area (Å²) in [6.45, 7) is 3.69. The number of rotatable bonds is 6. The molecule has 1 aliphatic rings. The van der Waals surface area contributed by atoms with Crippen LogP contribution in [0.25, 0.3) is 0 Å². The van der Waals surface area contributed by atoms with Gasteiger partial charge in [-0.2, -0.15) is 13.2 Å². The van der Waals surface area contributed by atoms with E-state index in [9.17, 15) is 18.0 Å². The number of hydrogen-bond donors (Lipinski definition) is 2. The molecule has 150 valence electrons. The van der Waals surface area contributed by atoms with E-state index in [0.29, 0.717) is 12.1 Å². The van der Waals surface area contributed by atoms with Gasteiger partial charge in [0.1, 0.15) is 6.54 Å². The summed E-state index contributed by atoms with van der Waals surface area (Å²) >= 11 is 0. The lowest BCUT2D eigenvalue weighted by atomic mass is 10.0. The number of nitrogens with one attached hydrogen (secondary N) is 2. The van der Waals surface area contributed by atoms with Crippen LogP contribution in [0, 0.1) is 0 Å². The zero-order valence-electron chi connectivity index (χ0n) is 15.8. The van der Waals surface area contributed by atoms with E-state index < -0.39 is 11.7 Å². The first-order chi connectivity index (χ1) is 13.4. The summed E-state index contributed by atoms with van der Waals surface area (Å²) < 4.78 is 38.4. The second-order valence-corrected chi connectivity index (χ2v) is 7.41. The second kappa shape index (κ2) is 9.24. The van der Waals surface area contributed by atoms with Gasteiger partial charge in [0.25, 0.3) is 0 Å². The van der Waals surface area contributed by atoms with Crippen molar-refractivity contribution >= 4 is 5.91 Å². The van der Waals surface area contributed by atoms with Crippen LogP contribution in [0.3, 0.4) is 0 Å². The molecule has 0 saturated carbocycles. The minimum atomic E-state index is -4.40. The predicted octanol–water partition coefficient (Wildman–Crippen LogP) is 3.13. The monoisotopic (exact) mass is 391 g/mol. The summed E-state index contributed by atoms with van der Waals surface area (Å²) in [5.74, 6) is -0.278. The molecule has 0 aliphatic carbocycles. The molecule has 2 aromatic carbocycles. The lowest BCUT2D eigenvalue weighted by Crippen LogP contribution is -3.11. The van der Waals surface area contributed by atoms with Crippen LogP contribution in [-0.4, -0.2) is 19.0 Å². The molecule has 0 atom stereocenters. The lowest BCUT2D eigenvalue weighted by Gasteiger charge is -2.24. The largest absolute Gasteiger partial charge is 0.416 e. The smallest absolute Gasteiger partial charge is 0.352 e. The average Bonchev–Trinajstić information content (AvgIpc) is 2.68. The lowest BCUT2D eigenvalue weighted by molar-refractivity contribution is -0.918. The van der Waals surface area contributed by atoms with Gasteiger partial charge in [0, 0.05) is 12.1 Å². The standard InChI is InChI=1S/C22H25F3N2O/c23-22(24,25)20-10-6-7-17(13-20)14-21(28)26-15-18-8-2-3-9-19(18)16-27-11-4-1-5-12-27/h2-3,6-10,13H,1,4-5,11-12,14-16H2,(H,26,28)/p+1. The molecule has 1 amide bonds. The fourth-order valence-electron chi connectivity index (χ4n) is 3.70. The van der Waals surface area contributed by atoms with E-state index in [4.69, 9.17) is 0 Å². The van der Waals surface area contributed by atoms with Crippen molar-refractivity contribution in [3.05, 3.63) is 70.8 Å². The first kappa shape index (κ1) is 20.4. The number of alkyl halides is 3. The van der Waals surface area contributed by atoms with Crippen molar-refractivity contribution in [1.82, 2.24) is 5.32 Å². The summed E-state index contributed by atoms with van der Waals surface area (Å²) in [5.41, 5.74) is 1.92. The fourth-order valence-corrected chi connectivity index (χ4v) is 3.70. The van der Waals surface area contributed by atoms with Crippen molar-refractivity contribution in [2.24, 2.45) is 0 Å². The minimum Gasteiger partial charge on any atom is -0.352 e. The van der Waals surface area contributed by atoms with Crippen molar-refractivity contribution in [2.75, 3.05) is 13.1 Å². The van der Waals surface area contributed by atoms with E-state index in [1.807, 2.05) is 18.2 Å². The van der Waals surface area contributed by atoms with Crippen molar-refractivity contribution < 1.29 is 22.9 Å². The van der Waals surface area contributed by atoms with Crippen LogP contribution >= 0.6 is 0 Å². The molecule has 2 N–H and O–H groups in total. The molecular formula is C22H26F3N2O+. The highest BCUT2D eigenvalue weighted by Gasteiger charge is 2.30. The molecule has 6 heteroatoms. The first-order valence-electron chi connectivity index (χ1n) is 9.75. The van der Waals surface area contributed by atoms with Crippen molar-refractivity contribution in [1.29, 1.82) is 0 Å². The number of halogens is 3. The maximum atomic E-state index is 12.8. The molecule has 0 spiro atoms. The topological polar surface area (TPSA) is 33.5 Å². The molecule has 1 aliphatic heterocycles. The molecule has 0 radical (unpaired) electrons. The molecule has 3 nitrogen and oxygen atoms in total. The zero-order valence-corrected chi connectivity index (χ0v) is 15.8. The molecule has 1 fully saturated rings. The molecule has 0 unspecified atom stereocenters. The van der Waals surface area contributed by atoms with Gasteiger partial charge < -0.3 is 10.2 Å². The molecule has 2 aromatic rings. The Kier molecular flexibility index (Phi) is 6.73. The van der Waals surface area contributed by atoms with Crippen LogP contribution in [0.1, 0.15) is 41.5 Å². The van der Waals surface area contributed by atoms with E-state index in [1.165, 1.54) is 44.0 Å². The Hall–Kier alpha value is -2.34. The van der Waals surface area contributed by atoms with Crippen LogP contribution < -0.4 is 10.2 Å². The predicted molar refractivity (Wildman–Crippen MR) is 102 cm³/mol. The van der Waals surface area contributed by atoms with Gasteiger partial charge in [0.05, 0.1) is 25.1 Å². The van der Waals surface area contributed by atoms with E-state index in [-0.39, 0.29) is 12.3 Å². The Morgan fingerprint density at radius 2 is 1.68 bits per heavy atom. The van der Waals surface area contributed by atoms with E-state index >= 15 is 0 Å². The van der Waals surface area contributed by atoms with Crippen LogP contribution in [0.4, 0.5) is 13.2 Å². The molecule has 0 aromatic heterocycles. The Labute approximate surface area is 163 Å². The Bertz CT molecular complexity index is 798. The SMILES string of the molecule is O=C(Cc1cccc(C(F)(F)F)c1)NCc1ccccc1C[NH+]1CCCCC1. The Morgan fingerprint density at radius 1 is 0.964 bits per heavy atom. The van der Waals surface area contributed by atoms with E-state index in [1.54, 1.807) is 11.0 Å². The maximum Gasteiger partial charge on any atom is 0.416 e. The number of likely N-dealkylation sites (tertiary alicyclic amines) is 1. The highest BCUT2D eigenvalue weighted by molar-refractivity contribution is 5.78. The number of benzene rings is 2. The van der Waals surface area contributed by atoms with Crippen molar-refractivity contribution in [3.63, 3.8) is 0 Å². The second-order valence-electron chi connectivity index (χ2n) is 7.41.